The lowest BCUT2D eigenvalue weighted by atomic mass is 10.3. The Morgan fingerprint density at radius 3 is 2.68 bits per heavy atom. The van der Waals surface area contributed by atoms with Crippen molar-refractivity contribution in [2.45, 2.75) is 16.7 Å². The van der Waals surface area contributed by atoms with Gasteiger partial charge in [0.2, 0.25) is 17.8 Å². The molecular formula is C14H14FN7OS2. The predicted molar refractivity (Wildman–Crippen MR) is 95.0 cm³/mol. The second kappa shape index (κ2) is 8.12. The van der Waals surface area contributed by atoms with Gasteiger partial charge in [-0.25, -0.2) is 4.39 Å². The molecule has 11 heteroatoms. The molecule has 0 aliphatic carbocycles. The van der Waals surface area contributed by atoms with Crippen LogP contribution in [-0.4, -0.2) is 31.4 Å². The first-order chi connectivity index (χ1) is 12.1. The largest absolute Gasteiger partial charge is 0.415 e. The molecule has 3 aromatic rings. The zero-order chi connectivity index (χ0) is 17.6. The molecule has 0 radical (unpaired) electrons. The maximum Gasteiger partial charge on any atom is 0.277 e. The fourth-order valence-corrected chi connectivity index (χ4v) is 2.82. The van der Waals surface area contributed by atoms with Crippen LogP contribution in [0.25, 0.3) is 0 Å². The van der Waals surface area contributed by atoms with Crippen molar-refractivity contribution >= 4 is 41.1 Å². The molecule has 8 nitrogen and oxygen atoms in total. The van der Waals surface area contributed by atoms with E-state index in [2.05, 4.69) is 30.5 Å². The zero-order valence-corrected chi connectivity index (χ0v) is 14.8. The molecule has 2 aromatic heterocycles. The van der Waals surface area contributed by atoms with E-state index >= 15 is 0 Å². The molecule has 0 amide bonds. The van der Waals surface area contributed by atoms with E-state index in [1.54, 1.807) is 23.9 Å². The van der Waals surface area contributed by atoms with Gasteiger partial charge in [0, 0.05) is 5.69 Å². The summed E-state index contributed by atoms with van der Waals surface area (Å²) in [6.45, 7) is 0. The Kier molecular flexibility index (Phi) is 5.66. The highest BCUT2D eigenvalue weighted by molar-refractivity contribution is 7.98. The zero-order valence-electron chi connectivity index (χ0n) is 13.1. The van der Waals surface area contributed by atoms with E-state index in [9.17, 15) is 4.39 Å². The van der Waals surface area contributed by atoms with Crippen LogP contribution in [0.15, 0.2) is 33.9 Å². The van der Waals surface area contributed by atoms with Crippen LogP contribution >= 0.6 is 23.5 Å². The second-order valence-corrected chi connectivity index (χ2v) is 6.54. The maximum absolute atomic E-state index is 13.0. The number of thioether (sulfide) groups is 2. The van der Waals surface area contributed by atoms with Crippen LogP contribution in [0.5, 0.6) is 0 Å². The van der Waals surface area contributed by atoms with Crippen LogP contribution in [0.3, 0.4) is 0 Å². The van der Waals surface area contributed by atoms with Crippen molar-refractivity contribution in [2.75, 3.05) is 17.3 Å². The highest BCUT2D eigenvalue weighted by atomic mass is 32.2. The third-order valence-corrected chi connectivity index (χ3v) is 4.19. The second-order valence-electron chi connectivity index (χ2n) is 4.75. The molecule has 1 aromatic carbocycles. The smallest absolute Gasteiger partial charge is 0.277 e. The van der Waals surface area contributed by atoms with E-state index < -0.39 is 0 Å². The highest BCUT2D eigenvalue weighted by Crippen LogP contribution is 2.22. The van der Waals surface area contributed by atoms with Crippen molar-refractivity contribution in [1.82, 2.24) is 25.1 Å². The summed E-state index contributed by atoms with van der Waals surface area (Å²) in [5.41, 5.74) is 6.37. The first kappa shape index (κ1) is 17.4. The van der Waals surface area contributed by atoms with Crippen molar-refractivity contribution in [3.05, 3.63) is 41.8 Å². The number of nitrogens with one attached hydrogen (secondary N) is 1. The molecular weight excluding hydrogens is 365 g/mol. The summed E-state index contributed by atoms with van der Waals surface area (Å²) in [6.07, 6.45) is 1.96. The molecule has 0 aliphatic rings. The van der Waals surface area contributed by atoms with Crippen LogP contribution in [0.2, 0.25) is 0 Å². The number of nitrogens with zero attached hydrogens (tertiary/aromatic N) is 5. The van der Waals surface area contributed by atoms with E-state index in [-0.39, 0.29) is 17.7 Å². The molecule has 0 saturated heterocycles. The number of rotatable bonds is 7. The molecule has 2 heterocycles. The first-order valence-electron chi connectivity index (χ1n) is 7.09. The molecule has 25 heavy (non-hydrogen) atoms. The number of benzene rings is 1. The Morgan fingerprint density at radius 1 is 1.12 bits per heavy atom. The Balaban J connectivity index is 1.67. The molecule has 3 N–H and O–H groups in total. The predicted octanol–water partition coefficient (Wildman–Crippen LogP) is 2.87. The lowest BCUT2D eigenvalue weighted by molar-refractivity contribution is 0.426. The van der Waals surface area contributed by atoms with Crippen molar-refractivity contribution in [3.63, 3.8) is 0 Å². The topological polar surface area (TPSA) is 116 Å². The van der Waals surface area contributed by atoms with Crippen LogP contribution in [0.4, 0.5) is 22.0 Å². The highest BCUT2D eigenvalue weighted by Gasteiger charge is 2.10. The molecule has 0 fully saturated rings. The quantitative estimate of drug-likeness (QED) is 0.594. The number of anilines is 3. The van der Waals surface area contributed by atoms with Crippen molar-refractivity contribution in [1.29, 1.82) is 0 Å². The first-order valence-corrected chi connectivity index (χ1v) is 9.47. The van der Waals surface area contributed by atoms with Gasteiger partial charge in [0.15, 0.2) is 0 Å². The Labute approximate surface area is 151 Å². The summed E-state index contributed by atoms with van der Waals surface area (Å²) >= 11 is 2.91. The summed E-state index contributed by atoms with van der Waals surface area (Å²) in [5, 5.41) is 11.3. The summed E-state index contributed by atoms with van der Waals surface area (Å²) in [4.78, 5) is 12.4. The van der Waals surface area contributed by atoms with E-state index in [1.807, 2.05) is 6.26 Å². The summed E-state index contributed by atoms with van der Waals surface area (Å²) in [5.74, 6) is 2.14. The van der Waals surface area contributed by atoms with E-state index in [0.717, 1.165) is 0 Å². The molecule has 0 aliphatic heterocycles. The number of hydrogen-bond donors (Lipinski definition) is 2. The van der Waals surface area contributed by atoms with Gasteiger partial charge in [0.1, 0.15) is 11.6 Å². The standard InChI is InChI=1S/C14H14FN7OS2/c1-24-7-11-21-22-14(23-11)25-6-10-18-12(16)20-13(19-10)17-9-4-2-8(15)3-5-9/h2-5H,6-7H2,1H3,(H3,16,17,18,19,20). The monoisotopic (exact) mass is 379 g/mol. The molecule has 0 spiro atoms. The summed E-state index contributed by atoms with van der Waals surface area (Å²) in [7, 11) is 0. The number of hydrogen-bond acceptors (Lipinski definition) is 10. The fraction of sp³-hybridized carbons (Fsp3) is 0.214. The third-order valence-electron chi connectivity index (χ3n) is 2.84. The van der Waals surface area contributed by atoms with Gasteiger partial charge in [-0.15, -0.1) is 10.2 Å². The van der Waals surface area contributed by atoms with Gasteiger partial charge in [-0.2, -0.15) is 26.7 Å². The molecule has 3 rings (SSSR count). The minimum absolute atomic E-state index is 0.0869. The minimum atomic E-state index is -0.321. The Bertz CT molecular complexity index is 843. The lowest BCUT2D eigenvalue weighted by Gasteiger charge is -2.06. The van der Waals surface area contributed by atoms with Crippen LogP contribution in [0.1, 0.15) is 11.7 Å². The Hall–Kier alpha value is -2.40. The average molecular weight is 379 g/mol. The van der Waals surface area contributed by atoms with E-state index in [1.165, 1.54) is 23.9 Å². The molecule has 0 unspecified atom stereocenters. The van der Waals surface area contributed by atoms with Gasteiger partial charge < -0.3 is 15.5 Å². The average Bonchev–Trinajstić information content (AvgIpc) is 3.03. The Morgan fingerprint density at radius 2 is 1.92 bits per heavy atom. The van der Waals surface area contributed by atoms with E-state index in [4.69, 9.17) is 10.2 Å². The van der Waals surface area contributed by atoms with Crippen LogP contribution in [0, 0.1) is 5.82 Å². The van der Waals surface area contributed by atoms with Crippen molar-refractivity contribution in [2.24, 2.45) is 0 Å². The normalized spacial score (nSPS) is 10.8. The summed E-state index contributed by atoms with van der Waals surface area (Å²) < 4.78 is 18.4. The molecule has 0 atom stereocenters. The van der Waals surface area contributed by atoms with Gasteiger partial charge in [-0.05, 0) is 30.5 Å². The van der Waals surface area contributed by atoms with Gasteiger partial charge in [-0.3, -0.25) is 0 Å². The van der Waals surface area contributed by atoms with E-state index in [0.29, 0.717) is 34.1 Å². The van der Waals surface area contributed by atoms with Crippen molar-refractivity contribution < 1.29 is 8.81 Å². The van der Waals surface area contributed by atoms with Gasteiger partial charge in [-0.1, -0.05) is 11.8 Å². The molecule has 0 saturated carbocycles. The summed E-state index contributed by atoms with van der Waals surface area (Å²) in [6, 6.07) is 5.83. The number of nitrogen functional groups attached to an aromatic ring is 1. The lowest BCUT2D eigenvalue weighted by Crippen LogP contribution is -2.06. The van der Waals surface area contributed by atoms with Gasteiger partial charge in [0.05, 0.1) is 11.5 Å². The third kappa shape index (κ3) is 5.03. The molecule has 130 valence electrons. The maximum atomic E-state index is 13.0. The van der Waals surface area contributed by atoms with Crippen molar-refractivity contribution in [3.8, 4) is 0 Å². The number of nitrogens with two attached hydrogens (primary N) is 1. The fourth-order valence-electron chi connectivity index (χ4n) is 1.83. The minimum Gasteiger partial charge on any atom is -0.415 e. The van der Waals surface area contributed by atoms with Gasteiger partial charge in [0.25, 0.3) is 5.22 Å². The van der Waals surface area contributed by atoms with Crippen LogP contribution < -0.4 is 11.1 Å². The SMILES string of the molecule is CSCc1nnc(SCc2nc(N)nc(Nc3ccc(F)cc3)n2)o1. The van der Waals surface area contributed by atoms with Gasteiger partial charge >= 0.3 is 0 Å². The number of halogens is 1. The van der Waals surface area contributed by atoms with Crippen LogP contribution in [-0.2, 0) is 11.5 Å². The molecule has 0 bridgehead atoms. The number of aromatic nitrogens is 5.